The summed E-state index contributed by atoms with van der Waals surface area (Å²) in [7, 11) is 0. The molecule has 0 saturated heterocycles. The molecule has 0 aromatic heterocycles. The fourth-order valence-corrected chi connectivity index (χ4v) is 2.52. The first-order valence-electron chi connectivity index (χ1n) is 5.76. The van der Waals surface area contributed by atoms with Gasteiger partial charge < -0.3 is 5.73 Å². The van der Waals surface area contributed by atoms with Crippen molar-refractivity contribution >= 4 is 0 Å². The standard InChI is InChI=1S/C13H16FN/c14-12-10(8-13(15)6-7-13)5-4-9-2-1-3-11(9)12/h4-5H,1-3,6-8,15H2. The van der Waals surface area contributed by atoms with Crippen LogP contribution in [0.5, 0.6) is 0 Å². The molecule has 1 aromatic rings. The van der Waals surface area contributed by atoms with Crippen molar-refractivity contribution < 1.29 is 4.39 Å². The van der Waals surface area contributed by atoms with Crippen molar-refractivity contribution in [3.63, 3.8) is 0 Å². The molecule has 0 heterocycles. The van der Waals surface area contributed by atoms with E-state index in [0.29, 0.717) is 6.42 Å². The van der Waals surface area contributed by atoms with Crippen LogP contribution >= 0.6 is 0 Å². The lowest BCUT2D eigenvalue weighted by Gasteiger charge is -2.12. The van der Waals surface area contributed by atoms with E-state index in [-0.39, 0.29) is 11.4 Å². The molecule has 0 amide bonds. The minimum absolute atomic E-state index is 0.0294. The lowest BCUT2D eigenvalue weighted by atomic mass is 9.99. The van der Waals surface area contributed by atoms with E-state index in [0.717, 1.165) is 43.2 Å². The maximum Gasteiger partial charge on any atom is 0.129 e. The SMILES string of the molecule is NC1(Cc2ccc3c(c2F)CCC3)CC1. The molecule has 0 aliphatic heterocycles. The highest BCUT2D eigenvalue weighted by atomic mass is 19.1. The van der Waals surface area contributed by atoms with Crippen molar-refractivity contribution in [3.8, 4) is 0 Å². The average Bonchev–Trinajstić information content (AvgIpc) is 2.78. The van der Waals surface area contributed by atoms with Crippen molar-refractivity contribution in [1.82, 2.24) is 0 Å². The molecule has 80 valence electrons. The molecule has 0 unspecified atom stereocenters. The summed E-state index contributed by atoms with van der Waals surface area (Å²) in [6, 6.07) is 4.03. The Morgan fingerprint density at radius 2 is 2.07 bits per heavy atom. The summed E-state index contributed by atoms with van der Waals surface area (Å²) in [4.78, 5) is 0. The van der Waals surface area contributed by atoms with Gasteiger partial charge in [0.05, 0.1) is 0 Å². The van der Waals surface area contributed by atoms with Crippen LogP contribution < -0.4 is 5.73 Å². The first kappa shape index (κ1) is 9.34. The smallest absolute Gasteiger partial charge is 0.129 e. The maximum atomic E-state index is 14.1. The van der Waals surface area contributed by atoms with E-state index >= 15 is 0 Å². The number of hydrogen-bond acceptors (Lipinski definition) is 1. The summed E-state index contributed by atoms with van der Waals surface area (Å²) in [6.45, 7) is 0. The lowest BCUT2D eigenvalue weighted by molar-refractivity contribution is 0.572. The molecule has 0 spiro atoms. The quantitative estimate of drug-likeness (QED) is 0.788. The second-order valence-corrected chi connectivity index (χ2v) is 5.07. The number of rotatable bonds is 2. The second kappa shape index (κ2) is 3.05. The monoisotopic (exact) mass is 205 g/mol. The van der Waals surface area contributed by atoms with E-state index in [2.05, 4.69) is 6.07 Å². The highest BCUT2D eigenvalue weighted by Gasteiger charge is 2.39. The molecule has 1 saturated carbocycles. The van der Waals surface area contributed by atoms with Gasteiger partial charge >= 0.3 is 0 Å². The fraction of sp³-hybridized carbons (Fsp3) is 0.538. The number of benzene rings is 1. The molecular weight excluding hydrogens is 189 g/mol. The minimum atomic E-state index is -0.0896. The van der Waals surface area contributed by atoms with Crippen LogP contribution in [0.4, 0.5) is 4.39 Å². The second-order valence-electron chi connectivity index (χ2n) is 5.07. The van der Waals surface area contributed by atoms with E-state index in [9.17, 15) is 4.39 Å². The van der Waals surface area contributed by atoms with Gasteiger partial charge in [0.25, 0.3) is 0 Å². The minimum Gasteiger partial charge on any atom is -0.325 e. The lowest BCUT2D eigenvalue weighted by Crippen LogP contribution is -2.25. The van der Waals surface area contributed by atoms with E-state index in [1.54, 1.807) is 0 Å². The molecule has 1 fully saturated rings. The van der Waals surface area contributed by atoms with Crippen LogP contribution in [0.25, 0.3) is 0 Å². The van der Waals surface area contributed by atoms with Crippen LogP contribution in [-0.4, -0.2) is 5.54 Å². The normalized spacial score (nSPS) is 21.5. The summed E-state index contributed by atoms with van der Waals surface area (Å²) in [5, 5.41) is 0. The topological polar surface area (TPSA) is 26.0 Å². The third kappa shape index (κ3) is 1.57. The Kier molecular flexibility index (Phi) is 1.90. The van der Waals surface area contributed by atoms with Gasteiger partial charge in [-0.2, -0.15) is 0 Å². The molecule has 2 heteroatoms. The highest BCUT2D eigenvalue weighted by molar-refractivity contribution is 5.38. The van der Waals surface area contributed by atoms with Crippen LogP contribution in [0.1, 0.15) is 36.0 Å². The van der Waals surface area contributed by atoms with E-state index in [1.165, 1.54) is 5.56 Å². The Morgan fingerprint density at radius 3 is 2.80 bits per heavy atom. The number of halogens is 1. The van der Waals surface area contributed by atoms with E-state index < -0.39 is 0 Å². The van der Waals surface area contributed by atoms with Crippen LogP contribution in [0.2, 0.25) is 0 Å². The zero-order valence-corrected chi connectivity index (χ0v) is 8.85. The average molecular weight is 205 g/mol. The van der Waals surface area contributed by atoms with Gasteiger partial charge in [-0.15, -0.1) is 0 Å². The first-order valence-corrected chi connectivity index (χ1v) is 5.76. The van der Waals surface area contributed by atoms with Crippen LogP contribution in [0, 0.1) is 5.82 Å². The Balaban J connectivity index is 1.95. The van der Waals surface area contributed by atoms with Gasteiger partial charge in [0.1, 0.15) is 5.82 Å². The molecule has 2 N–H and O–H groups in total. The van der Waals surface area contributed by atoms with Crippen molar-refractivity contribution in [3.05, 3.63) is 34.6 Å². The van der Waals surface area contributed by atoms with Crippen molar-refractivity contribution in [1.29, 1.82) is 0 Å². The summed E-state index contributed by atoms with van der Waals surface area (Å²) in [5.41, 5.74) is 8.93. The molecule has 2 aliphatic carbocycles. The first-order chi connectivity index (χ1) is 7.18. The molecule has 15 heavy (non-hydrogen) atoms. The van der Waals surface area contributed by atoms with Crippen LogP contribution in [-0.2, 0) is 19.3 Å². The summed E-state index contributed by atoms with van der Waals surface area (Å²) in [5.74, 6) is 0.0294. The molecule has 1 aromatic carbocycles. The van der Waals surface area contributed by atoms with E-state index in [1.807, 2.05) is 6.07 Å². The van der Waals surface area contributed by atoms with E-state index in [4.69, 9.17) is 5.73 Å². The number of nitrogens with two attached hydrogens (primary N) is 1. The molecule has 3 rings (SSSR count). The Bertz CT molecular complexity index is 407. The number of aryl methyl sites for hydroxylation is 1. The van der Waals surface area contributed by atoms with Crippen LogP contribution in [0.3, 0.4) is 0 Å². The molecule has 0 bridgehead atoms. The largest absolute Gasteiger partial charge is 0.325 e. The van der Waals surface area contributed by atoms with Crippen LogP contribution in [0.15, 0.2) is 12.1 Å². The van der Waals surface area contributed by atoms with Gasteiger partial charge in [0, 0.05) is 5.54 Å². The van der Waals surface area contributed by atoms with Gasteiger partial charge in [-0.25, -0.2) is 4.39 Å². The van der Waals surface area contributed by atoms with Crippen molar-refractivity contribution in [2.24, 2.45) is 5.73 Å². The van der Waals surface area contributed by atoms with Gasteiger partial charge in [-0.3, -0.25) is 0 Å². The molecular formula is C13H16FN. The Morgan fingerprint density at radius 1 is 1.27 bits per heavy atom. The predicted octanol–water partition coefficient (Wildman–Crippen LogP) is 2.35. The zero-order chi connectivity index (χ0) is 10.5. The Labute approximate surface area is 89.5 Å². The molecule has 1 nitrogen and oxygen atoms in total. The Hall–Kier alpha value is -0.890. The highest BCUT2D eigenvalue weighted by Crippen LogP contribution is 2.37. The number of fused-ring (bicyclic) bond motifs is 1. The molecule has 0 radical (unpaired) electrons. The van der Waals surface area contributed by atoms with Crippen molar-refractivity contribution in [2.45, 2.75) is 44.1 Å². The predicted molar refractivity (Wildman–Crippen MR) is 58.3 cm³/mol. The van der Waals surface area contributed by atoms with Gasteiger partial charge in [0.15, 0.2) is 0 Å². The fourth-order valence-electron chi connectivity index (χ4n) is 2.52. The van der Waals surface area contributed by atoms with Gasteiger partial charge in [-0.05, 0) is 55.2 Å². The zero-order valence-electron chi connectivity index (χ0n) is 8.85. The molecule has 2 aliphatic rings. The van der Waals surface area contributed by atoms with Gasteiger partial charge in [0.2, 0.25) is 0 Å². The third-order valence-corrected chi connectivity index (χ3v) is 3.73. The summed E-state index contributed by atoms with van der Waals surface area (Å²) in [6.07, 6.45) is 5.86. The summed E-state index contributed by atoms with van der Waals surface area (Å²) >= 11 is 0. The molecule has 0 atom stereocenters. The van der Waals surface area contributed by atoms with Gasteiger partial charge in [-0.1, -0.05) is 12.1 Å². The number of hydrogen-bond donors (Lipinski definition) is 1. The van der Waals surface area contributed by atoms with Crippen molar-refractivity contribution in [2.75, 3.05) is 0 Å². The summed E-state index contributed by atoms with van der Waals surface area (Å²) < 4.78 is 14.1. The maximum absolute atomic E-state index is 14.1. The third-order valence-electron chi connectivity index (χ3n) is 3.73.